The van der Waals surface area contributed by atoms with Crippen molar-refractivity contribution in [1.29, 1.82) is 0 Å². The van der Waals surface area contributed by atoms with Crippen LogP contribution in [0.25, 0.3) is 0 Å². The molecule has 0 spiro atoms. The summed E-state index contributed by atoms with van der Waals surface area (Å²) in [7, 11) is 0. The smallest absolute Gasteiger partial charge is 0.421 e. The fourth-order valence-electron chi connectivity index (χ4n) is 3.78. The Labute approximate surface area is 163 Å². The lowest BCUT2D eigenvalue weighted by Gasteiger charge is -2.32. The van der Waals surface area contributed by atoms with Gasteiger partial charge in [0.2, 0.25) is 5.91 Å². The largest absolute Gasteiger partial charge is 0.493 e. The summed E-state index contributed by atoms with van der Waals surface area (Å²) in [4.78, 5) is 26.0. The maximum atomic E-state index is 12.5. The van der Waals surface area contributed by atoms with Crippen LogP contribution in [0.15, 0.2) is 36.4 Å². The number of amides is 2. The molecule has 28 heavy (non-hydrogen) atoms. The Kier molecular flexibility index (Phi) is 5.16. The summed E-state index contributed by atoms with van der Waals surface area (Å²) >= 11 is 0. The van der Waals surface area contributed by atoms with E-state index >= 15 is 0 Å². The maximum Gasteiger partial charge on any atom is 0.421 e. The third kappa shape index (κ3) is 3.66. The van der Waals surface area contributed by atoms with E-state index in [9.17, 15) is 9.59 Å². The molecule has 2 aliphatic heterocycles. The van der Waals surface area contributed by atoms with Gasteiger partial charge in [-0.1, -0.05) is 36.4 Å². The fourth-order valence-corrected chi connectivity index (χ4v) is 3.78. The molecule has 7 heteroatoms. The number of aryl methyl sites for hydroxylation is 1. The first kappa shape index (κ1) is 18.3. The van der Waals surface area contributed by atoms with Crippen LogP contribution in [0.3, 0.4) is 0 Å². The quantitative estimate of drug-likeness (QED) is 0.779. The molecule has 0 saturated heterocycles. The van der Waals surface area contributed by atoms with Crippen molar-refractivity contribution in [3.8, 4) is 5.75 Å². The van der Waals surface area contributed by atoms with E-state index in [0.29, 0.717) is 19.4 Å². The van der Waals surface area contributed by atoms with Crippen LogP contribution in [0.1, 0.15) is 28.7 Å². The summed E-state index contributed by atoms with van der Waals surface area (Å²) in [6, 6.07) is 11.5. The molecule has 146 valence electrons. The second kappa shape index (κ2) is 7.90. The van der Waals surface area contributed by atoms with E-state index in [-0.39, 0.29) is 19.2 Å². The molecule has 2 aliphatic rings. The monoisotopic (exact) mass is 381 g/mol. The van der Waals surface area contributed by atoms with Crippen LogP contribution in [0.5, 0.6) is 5.75 Å². The first-order chi connectivity index (χ1) is 13.6. The Bertz CT molecular complexity index is 898. The Morgan fingerprint density at radius 2 is 2.04 bits per heavy atom. The van der Waals surface area contributed by atoms with Crippen LogP contribution in [0, 0.1) is 6.92 Å². The zero-order chi connectivity index (χ0) is 19.5. The molecule has 2 aromatic rings. The Morgan fingerprint density at radius 3 is 2.86 bits per heavy atom. The Morgan fingerprint density at radius 1 is 1.21 bits per heavy atom. The lowest BCUT2D eigenvalue weighted by atomic mass is 9.94. The van der Waals surface area contributed by atoms with Gasteiger partial charge in [-0.3, -0.25) is 15.1 Å². The van der Waals surface area contributed by atoms with Crippen molar-refractivity contribution in [3.63, 3.8) is 0 Å². The molecule has 0 fully saturated rings. The second-order valence-electron chi connectivity index (χ2n) is 6.95. The van der Waals surface area contributed by atoms with Crippen molar-refractivity contribution in [3.05, 3.63) is 58.7 Å². The normalized spacial score (nSPS) is 14.9. The zero-order valence-electron chi connectivity index (χ0n) is 15.8. The number of fused-ring (bicyclic) bond motifs is 3. The van der Waals surface area contributed by atoms with Gasteiger partial charge in [-0.25, -0.2) is 10.2 Å². The molecule has 0 bridgehead atoms. The zero-order valence-corrected chi connectivity index (χ0v) is 15.8. The van der Waals surface area contributed by atoms with Gasteiger partial charge in [0.1, 0.15) is 12.4 Å². The van der Waals surface area contributed by atoms with Crippen molar-refractivity contribution >= 4 is 17.7 Å². The minimum absolute atomic E-state index is 0.0144. The number of carbonyl (C=O) groups is 2. The highest BCUT2D eigenvalue weighted by atomic mass is 16.6. The summed E-state index contributed by atoms with van der Waals surface area (Å²) in [5.74, 6) is 0.939. The standard InChI is InChI=1S/C21H23N3O4/c1-14-11-16-9-10-27-20(16)17-7-8-18(25)24(19(14)17)13-22-23-21(26)28-12-15-5-3-2-4-6-15/h2-6,11,22H,7-10,12-13H2,1H3,(H,23,26). The molecule has 0 aliphatic carbocycles. The highest BCUT2D eigenvalue weighted by Gasteiger charge is 2.31. The van der Waals surface area contributed by atoms with Crippen LogP contribution < -0.4 is 20.5 Å². The van der Waals surface area contributed by atoms with E-state index in [0.717, 1.165) is 34.5 Å². The molecule has 2 N–H and O–H groups in total. The van der Waals surface area contributed by atoms with Crippen molar-refractivity contribution in [2.75, 3.05) is 18.2 Å². The Balaban J connectivity index is 1.38. The van der Waals surface area contributed by atoms with E-state index in [1.54, 1.807) is 4.90 Å². The molecule has 2 aromatic carbocycles. The average Bonchev–Trinajstić information content (AvgIpc) is 3.17. The van der Waals surface area contributed by atoms with Crippen molar-refractivity contribution < 1.29 is 19.1 Å². The second-order valence-corrected chi connectivity index (χ2v) is 6.95. The number of nitrogens with one attached hydrogen (secondary N) is 2. The number of ether oxygens (including phenoxy) is 2. The van der Waals surface area contributed by atoms with Crippen molar-refractivity contribution in [2.45, 2.75) is 32.8 Å². The summed E-state index contributed by atoms with van der Waals surface area (Å²) in [6.07, 6.45) is 1.42. The van der Waals surface area contributed by atoms with Gasteiger partial charge < -0.3 is 9.47 Å². The number of hydrogen-bond donors (Lipinski definition) is 2. The summed E-state index contributed by atoms with van der Waals surface area (Å²) in [6.45, 7) is 3.03. The van der Waals surface area contributed by atoms with Gasteiger partial charge in [-0.15, -0.1) is 0 Å². The van der Waals surface area contributed by atoms with Crippen molar-refractivity contribution in [2.24, 2.45) is 0 Å². The molecule has 2 amide bonds. The molecule has 7 nitrogen and oxygen atoms in total. The molecule has 0 atom stereocenters. The number of benzene rings is 2. The first-order valence-electron chi connectivity index (χ1n) is 9.41. The molecular weight excluding hydrogens is 358 g/mol. The summed E-state index contributed by atoms with van der Waals surface area (Å²) < 4.78 is 11.0. The average molecular weight is 381 g/mol. The molecular formula is C21H23N3O4. The minimum atomic E-state index is -0.595. The number of carbonyl (C=O) groups excluding carboxylic acids is 2. The third-order valence-electron chi connectivity index (χ3n) is 5.03. The van der Waals surface area contributed by atoms with Gasteiger partial charge in [0.05, 0.1) is 19.0 Å². The maximum absolute atomic E-state index is 12.5. The van der Waals surface area contributed by atoms with Crippen LogP contribution >= 0.6 is 0 Å². The van der Waals surface area contributed by atoms with Crippen LogP contribution in [0.4, 0.5) is 10.5 Å². The number of rotatable bonds is 5. The molecule has 0 saturated carbocycles. The van der Waals surface area contributed by atoms with E-state index in [2.05, 4.69) is 16.9 Å². The van der Waals surface area contributed by atoms with Gasteiger partial charge in [-0.2, -0.15) is 0 Å². The lowest BCUT2D eigenvalue weighted by Crippen LogP contribution is -2.48. The lowest BCUT2D eigenvalue weighted by molar-refractivity contribution is -0.119. The number of hydrogen-bond acceptors (Lipinski definition) is 5. The van der Waals surface area contributed by atoms with Gasteiger partial charge >= 0.3 is 6.09 Å². The minimum Gasteiger partial charge on any atom is -0.493 e. The predicted molar refractivity (Wildman–Crippen MR) is 104 cm³/mol. The number of hydrazine groups is 1. The van der Waals surface area contributed by atoms with E-state index < -0.39 is 6.09 Å². The van der Waals surface area contributed by atoms with Crippen molar-refractivity contribution in [1.82, 2.24) is 10.9 Å². The van der Waals surface area contributed by atoms with Crippen LogP contribution in [-0.2, 0) is 29.0 Å². The molecule has 2 heterocycles. The van der Waals surface area contributed by atoms with Gasteiger partial charge in [0.15, 0.2) is 0 Å². The Hall–Kier alpha value is -3.06. The molecule has 4 rings (SSSR count). The molecule has 0 aromatic heterocycles. The molecule has 0 radical (unpaired) electrons. The third-order valence-corrected chi connectivity index (χ3v) is 5.03. The van der Waals surface area contributed by atoms with Gasteiger partial charge in [-0.05, 0) is 30.0 Å². The van der Waals surface area contributed by atoms with Gasteiger partial charge in [0.25, 0.3) is 0 Å². The fraction of sp³-hybridized carbons (Fsp3) is 0.333. The topological polar surface area (TPSA) is 79.9 Å². The summed E-state index contributed by atoms with van der Waals surface area (Å²) in [5, 5.41) is 0. The summed E-state index contributed by atoms with van der Waals surface area (Å²) in [5.41, 5.74) is 10.4. The first-order valence-corrected chi connectivity index (χ1v) is 9.41. The van der Waals surface area contributed by atoms with Gasteiger partial charge in [0, 0.05) is 18.4 Å². The SMILES string of the molecule is Cc1cc2c(c3c1N(CNNC(=O)OCc1ccccc1)C(=O)CC3)OCC2. The highest BCUT2D eigenvalue weighted by Crippen LogP contribution is 2.42. The number of nitrogens with zero attached hydrogens (tertiary/aromatic N) is 1. The number of anilines is 1. The van der Waals surface area contributed by atoms with Crippen LogP contribution in [-0.4, -0.2) is 25.3 Å². The van der Waals surface area contributed by atoms with Crippen LogP contribution in [0.2, 0.25) is 0 Å². The highest BCUT2D eigenvalue weighted by molar-refractivity contribution is 5.98. The van der Waals surface area contributed by atoms with E-state index in [4.69, 9.17) is 9.47 Å². The predicted octanol–water partition coefficient (Wildman–Crippen LogP) is 2.60. The molecule has 0 unspecified atom stereocenters. The van der Waals surface area contributed by atoms with E-state index in [1.165, 1.54) is 5.56 Å². The van der Waals surface area contributed by atoms with E-state index in [1.807, 2.05) is 37.3 Å².